The minimum absolute atomic E-state index is 0.333. The first-order valence-electron chi connectivity index (χ1n) is 17.7. The highest BCUT2D eigenvalue weighted by Crippen LogP contribution is 2.44. The lowest BCUT2D eigenvalue weighted by Crippen LogP contribution is -2.20. The van der Waals surface area contributed by atoms with Crippen LogP contribution in [0.15, 0.2) is 77.0 Å². The van der Waals surface area contributed by atoms with Crippen LogP contribution in [0.5, 0.6) is 0 Å². The Morgan fingerprint density at radius 1 is 0.849 bits per heavy atom. The molecule has 0 aliphatic carbocycles. The average Bonchev–Trinajstić information content (AvgIpc) is 3.84. The number of hydrogen-bond acceptors (Lipinski definition) is 10. The van der Waals surface area contributed by atoms with E-state index in [2.05, 4.69) is 67.0 Å². The SMILES string of the molecule is [C-]#[N+]c1c(C(C)(C)C)nn(-c2nc3ccccc3s2)c1N=Nc1c(C)cc(N(CCCC)c2nc3ccccc3s2)nc1Nc1c(C)cc(C)cc1C. The summed E-state index contributed by atoms with van der Waals surface area (Å²) in [6, 6.07) is 22.6. The number of azo groups is 1. The fraction of sp³-hybridized carbons (Fsp3) is 0.293. The van der Waals surface area contributed by atoms with Crippen molar-refractivity contribution in [2.24, 2.45) is 10.2 Å². The summed E-state index contributed by atoms with van der Waals surface area (Å²) < 4.78 is 3.82. The number of nitrogens with zero attached hydrogens (tertiary/aromatic N) is 9. The first-order chi connectivity index (χ1) is 25.4. The van der Waals surface area contributed by atoms with Crippen LogP contribution in [0.1, 0.15) is 68.5 Å². The Hall–Kier alpha value is -5.51. The van der Waals surface area contributed by atoms with Crippen molar-refractivity contribution in [3.8, 4) is 5.13 Å². The maximum absolute atomic E-state index is 8.24. The Bertz CT molecular complexity index is 2460. The van der Waals surface area contributed by atoms with E-state index in [9.17, 15) is 0 Å². The van der Waals surface area contributed by atoms with Crippen molar-refractivity contribution >= 4 is 82.8 Å². The molecule has 7 rings (SSSR count). The van der Waals surface area contributed by atoms with Gasteiger partial charge in [-0.15, -0.1) is 10.2 Å². The van der Waals surface area contributed by atoms with Crippen molar-refractivity contribution in [2.75, 3.05) is 16.8 Å². The van der Waals surface area contributed by atoms with E-state index in [4.69, 9.17) is 36.9 Å². The Labute approximate surface area is 318 Å². The molecule has 0 aliphatic heterocycles. The molecule has 0 saturated carbocycles. The molecule has 53 heavy (non-hydrogen) atoms. The minimum atomic E-state index is -0.416. The normalized spacial score (nSPS) is 11.9. The van der Waals surface area contributed by atoms with Gasteiger partial charge < -0.3 is 10.2 Å². The summed E-state index contributed by atoms with van der Waals surface area (Å²) in [5.41, 5.74) is 8.20. The van der Waals surface area contributed by atoms with Gasteiger partial charge in [-0.25, -0.2) is 19.8 Å². The van der Waals surface area contributed by atoms with Gasteiger partial charge in [-0.3, -0.25) is 0 Å². The number of benzene rings is 3. The molecular weight excluding hydrogens is 697 g/mol. The van der Waals surface area contributed by atoms with Crippen molar-refractivity contribution in [3.05, 3.63) is 106 Å². The molecule has 0 saturated heterocycles. The number of aromatic nitrogens is 5. The van der Waals surface area contributed by atoms with Crippen molar-refractivity contribution in [1.82, 2.24) is 24.7 Å². The molecule has 268 valence electrons. The molecule has 4 aromatic heterocycles. The van der Waals surface area contributed by atoms with Crippen molar-refractivity contribution in [3.63, 3.8) is 0 Å². The molecule has 7 aromatic rings. The predicted molar refractivity (Wildman–Crippen MR) is 220 cm³/mol. The molecule has 0 atom stereocenters. The summed E-state index contributed by atoms with van der Waals surface area (Å²) in [6.07, 6.45) is 2.00. The van der Waals surface area contributed by atoms with Gasteiger partial charge in [0.05, 0.1) is 32.7 Å². The molecule has 0 fully saturated rings. The summed E-state index contributed by atoms with van der Waals surface area (Å²) in [7, 11) is 0. The summed E-state index contributed by atoms with van der Waals surface area (Å²) in [5, 5.41) is 19.9. The zero-order valence-electron chi connectivity index (χ0n) is 31.3. The number of anilines is 4. The topological polar surface area (TPSA) is 101 Å². The molecule has 12 heteroatoms. The summed E-state index contributed by atoms with van der Waals surface area (Å²) >= 11 is 3.17. The number of aryl methyl sites for hydroxylation is 4. The maximum atomic E-state index is 8.24. The molecule has 0 unspecified atom stereocenters. The molecule has 0 radical (unpaired) electrons. The summed E-state index contributed by atoms with van der Waals surface area (Å²) in [4.78, 5) is 21.3. The zero-order valence-corrected chi connectivity index (χ0v) is 32.9. The molecule has 0 amide bonds. The van der Waals surface area contributed by atoms with Crippen molar-refractivity contribution in [2.45, 2.75) is 73.6 Å². The Kier molecular flexibility index (Phi) is 9.81. The van der Waals surface area contributed by atoms with E-state index >= 15 is 0 Å². The maximum Gasteiger partial charge on any atom is 0.255 e. The van der Waals surface area contributed by atoms with Crippen LogP contribution in [0.2, 0.25) is 0 Å². The van der Waals surface area contributed by atoms with E-state index < -0.39 is 5.41 Å². The van der Waals surface area contributed by atoms with Crippen LogP contribution in [0.3, 0.4) is 0 Å². The van der Waals surface area contributed by atoms with Gasteiger partial charge in [-0.05, 0) is 86.6 Å². The number of nitrogens with one attached hydrogen (secondary N) is 1. The third kappa shape index (κ3) is 7.14. The molecule has 3 aromatic carbocycles. The van der Waals surface area contributed by atoms with Crippen LogP contribution < -0.4 is 10.2 Å². The van der Waals surface area contributed by atoms with Crippen molar-refractivity contribution < 1.29 is 0 Å². The monoisotopic (exact) mass is 738 g/mol. The second kappa shape index (κ2) is 14.5. The molecule has 1 N–H and O–H groups in total. The lowest BCUT2D eigenvalue weighted by molar-refractivity contribution is 0.562. The molecule has 0 spiro atoms. The average molecular weight is 739 g/mol. The standard InChI is InChI=1S/C41H42N10S2/c1-10-11-20-50(39-43-28-16-12-14-18-30(28)52-39)32-23-27(5)34(37(45-32)46-33-25(3)21-24(2)22-26(33)4)47-48-38-35(42-9)36(41(6,7)8)49-51(38)40-44-29-17-13-15-19-31(29)53-40/h12-19,21-23H,10-11,20H2,1-8H3,(H,45,46). The highest BCUT2D eigenvalue weighted by atomic mass is 32.1. The lowest BCUT2D eigenvalue weighted by Gasteiger charge is -2.23. The van der Waals surface area contributed by atoms with E-state index in [1.54, 1.807) is 16.0 Å². The van der Waals surface area contributed by atoms with Crippen LogP contribution >= 0.6 is 22.7 Å². The molecule has 0 bridgehead atoms. The molecule has 4 heterocycles. The fourth-order valence-electron chi connectivity index (χ4n) is 6.38. The largest absolute Gasteiger partial charge is 0.338 e. The first-order valence-corrected chi connectivity index (χ1v) is 19.4. The van der Waals surface area contributed by atoms with E-state index in [1.165, 1.54) is 16.9 Å². The molecular formula is C41H42N10S2. The number of thiazole rings is 2. The van der Waals surface area contributed by atoms with Crippen LogP contribution in [0.25, 0.3) is 30.4 Å². The summed E-state index contributed by atoms with van der Waals surface area (Å²) in [6.45, 7) is 25.7. The van der Waals surface area contributed by atoms with E-state index in [0.717, 1.165) is 73.1 Å². The highest BCUT2D eigenvalue weighted by Gasteiger charge is 2.29. The quantitative estimate of drug-likeness (QED) is 0.111. The minimum Gasteiger partial charge on any atom is -0.338 e. The Morgan fingerprint density at radius 3 is 2.13 bits per heavy atom. The van der Waals surface area contributed by atoms with Gasteiger partial charge >= 0.3 is 0 Å². The van der Waals surface area contributed by atoms with Crippen molar-refractivity contribution in [1.29, 1.82) is 0 Å². The lowest BCUT2D eigenvalue weighted by atomic mass is 9.91. The van der Waals surface area contributed by atoms with E-state index in [1.807, 2.05) is 70.2 Å². The van der Waals surface area contributed by atoms with Gasteiger partial charge in [0.15, 0.2) is 16.8 Å². The van der Waals surface area contributed by atoms with E-state index in [-0.39, 0.29) is 0 Å². The number of rotatable bonds is 10. The van der Waals surface area contributed by atoms with E-state index in [0.29, 0.717) is 33.8 Å². The van der Waals surface area contributed by atoms with Gasteiger partial charge in [-0.1, -0.05) is 98.8 Å². The van der Waals surface area contributed by atoms with Crippen LogP contribution in [-0.2, 0) is 5.41 Å². The van der Waals surface area contributed by atoms with Crippen LogP contribution in [0, 0.1) is 34.3 Å². The van der Waals surface area contributed by atoms with Gasteiger partial charge in [0.25, 0.3) is 5.69 Å². The van der Waals surface area contributed by atoms with Gasteiger partial charge in [0, 0.05) is 12.2 Å². The zero-order chi connectivity index (χ0) is 37.4. The third-order valence-electron chi connectivity index (χ3n) is 8.98. The highest BCUT2D eigenvalue weighted by molar-refractivity contribution is 7.22. The number of pyridine rings is 1. The van der Waals surface area contributed by atoms with Gasteiger partial charge in [0.2, 0.25) is 5.13 Å². The second-order valence-electron chi connectivity index (χ2n) is 14.3. The third-order valence-corrected chi connectivity index (χ3v) is 11.1. The Morgan fingerprint density at radius 2 is 1.51 bits per heavy atom. The smallest absolute Gasteiger partial charge is 0.255 e. The predicted octanol–water partition coefficient (Wildman–Crippen LogP) is 12.7. The number of para-hydroxylation sites is 2. The molecule has 10 nitrogen and oxygen atoms in total. The molecule has 0 aliphatic rings. The first kappa shape index (κ1) is 35.9. The Balaban J connectivity index is 1.41. The number of fused-ring (bicyclic) bond motifs is 2. The van der Waals surface area contributed by atoms with Crippen LogP contribution in [0.4, 0.5) is 39.6 Å². The van der Waals surface area contributed by atoms with Crippen LogP contribution in [-0.4, -0.2) is 31.3 Å². The number of hydrogen-bond donors (Lipinski definition) is 1. The summed E-state index contributed by atoms with van der Waals surface area (Å²) in [5.74, 6) is 1.67. The number of unbranched alkanes of at least 4 members (excludes halogenated alkanes) is 1. The van der Waals surface area contributed by atoms with Gasteiger partial charge in [-0.2, -0.15) is 9.78 Å². The van der Waals surface area contributed by atoms with Gasteiger partial charge in [0.1, 0.15) is 11.5 Å². The second-order valence-corrected chi connectivity index (χ2v) is 16.3. The fourth-order valence-corrected chi connectivity index (χ4v) is 8.30.